The Bertz CT molecular complexity index is 686. The zero-order chi connectivity index (χ0) is 17.5. The van der Waals surface area contributed by atoms with Crippen LogP contribution >= 0.6 is 11.8 Å². The Morgan fingerprint density at radius 2 is 2.12 bits per heavy atom. The molecule has 1 amide bonds. The summed E-state index contributed by atoms with van der Waals surface area (Å²) in [5, 5.41) is 12.0. The first kappa shape index (κ1) is 17.7. The SMILES string of the molecule is COc1ccc(-c2ccc(SCC(=O)NC[C@@H]3CCCO3)nn2)cc1. The molecule has 3 rings (SSSR count). The highest BCUT2D eigenvalue weighted by atomic mass is 32.2. The van der Waals surface area contributed by atoms with Crippen LogP contribution in [-0.2, 0) is 9.53 Å². The van der Waals surface area contributed by atoms with Crippen LogP contribution in [0, 0.1) is 0 Å². The van der Waals surface area contributed by atoms with Gasteiger partial charge in [0.2, 0.25) is 5.91 Å². The highest BCUT2D eigenvalue weighted by Crippen LogP contribution is 2.22. The van der Waals surface area contributed by atoms with Crippen molar-refractivity contribution in [1.82, 2.24) is 15.5 Å². The van der Waals surface area contributed by atoms with Gasteiger partial charge in [-0.3, -0.25) is 4.79 Å². The molecule has 2 aromatic rings. The van der Waals surface area contributed by atoms with E-state index in [-0.39, 0.29) is 12.0 Å². The normalized spacial score (nSPS) is 16.6. The molecular weight excluding hydrogens is 338 g/mol. The molecule has 1 aromatic carbocycles. The minimum Gasteiger partial charge on any atom is -0.497 e. The summed E-state index contributed by atoms with van der Waals surface area (Å²) >= 11 is 1.37. The van der Waals surface area contributed by atoms with Gasteiger partial charge >= 0.3 is 0 Å². The Hall–Kier alpha value is -2.12. The highest BCUT2D eigenvalue weighted by molar-refractivity contribution is 7.99. The molecule has 7 heteroatoms. The fourth-order valence-electron chi connectivity index (χ4n) is 2.54. The molecule has 6 nitrogen and oxygen atoms in total. The summed E-state index contributed by atoms with van der Waals surface area (Å²) in [6.07, 6.45) is 2.26. The van der Waals surface area contributed by atoms with Crippen molar-refractivity contribution in [2.45, 2.75) is 24.0 Å². The van der Waals surface area contributed by atoms with Crippen LogP contribution in [0.1, 0.15) is 12.8 Å². The average molecular weight is 359 g/mol. The van der Waals surface area contributed by atoms with E-state index in [0.29, 0.717) is 12.3 Å². The molecule has 0 saturated carbocycles. The third-order valence-electron chi connectivity index (χ3n) is 3.93. The van der Waals surface area contributed by atoms with Crippen LogP contribution in [0.15, 0.2) is 41.4 Å². The molecule has 132 valence electrons. The van der Waals surface area contributed by atoms with E-state index in [9.17, 15) is 4.79 Å². The topological polar surface area (TPSA) is 73.3 Å². The second-order valence-corrected chi connectivity index (χ2v) is 6.71. The smallest absolute Gasteiger partial charge is 0.230 e. The van der Waals surface area contributed by atoms with Gasteiger partial charge in [0.05, 0.1) is 24.7 Å². The lowest BCUT2D eigenvalue weighted by Gasteiger charge is -2.10. The molecule has 1 aliphatic heterocycles. The minimum absolute atomic E-state index is 0.0125. The Morgan fingerprint density at radius 3 is 2.76 bits per heavy atom. The fraction of sp³-hybridized carbons (Fsp3) is 0.389. The monoisotopic (exact) mass is 359 g/mol. The van der Waals surface area contributed by atoms with E-state index in [1.165, 1.54) is 11.8 Å². The van der Waals surface area contributed by atoms with E-state index in [1.807, 2.05) is 36.4 Å². The van der Waals surface area contributed by atoms with Crippen LogP contribution in [0.4, 0.5) is 0 Å². The number of hydrogen-bond donors (Lipinski definition) is 1. The van der Waals surface area contributed by atoms with Gasteiger partial charge in [-0.2, -0.15) is 0 Å². The number of aromatic nitrogens is 2. The first-order chi connectivity index (χ1) is 12.2. The number of ether oxygens (including phenoxy) is 2. The number of thioether (sulfide) groups is 1. The predicted octanol–water partition coefficient (Wildman–Crippen LogP) is 2.54. The van der Waals surface area contributed by atoms with Crippen LogP contribution in [-0.4, -0.2) is 48.2 Å². The summed E-state index contributed by atoms with van der Waals surface area (Å²) in [4.78, 5) is 11.9. The highest BCUT2D eigenvalue weighted by Gasteiger charge is 2.16. The molecule has 0 bridgehead atoms. The Labute approximate surface area is 151 Å². The first-order valence-corrected chi connectivity index (χ1v) is 9.22. The second kappa shape index (κ2) is 8.82. The van der Waals surface area contributed by atoms with Crippen LogP contribution in [0.25, 0.3) is 11.3 Å². The molecule has 1 atom stereocenters. The summed E-state index contributed by atoms with van der Waals surface area (Å²) in [5.41, 5.74) is 1.76. The van der Waals surface area contributed by atoms with E-state index < -0.39 is 0 Å². The van der Waals surface area contributed by atoms with Gasteiger partial charge in [-0.1, -0.05) is 11.8 Å². The third kappa shape index (κ3) is 5.17. The van der Waals surface area contributed by atoms with Gasteiger partial charge in [0.1, 0.15) is 10.8 Å². The zero-order valence-electron chi connectivity index (χ0n) is 14.1. The summed E-state index contributed by atoms with van der Waals surface area (Å²) in [6.45, 7) is 1.38. The summed E-state index contributed by atoms with van der Waals surface area (Å²) < 4.78 is 10.6. The average Bonchev–Trinajstić information content (AvgIpc) is 3.19. The first-order valence-electron chi connectivity index (χ1n) is 8.24. The molecule has 1 fully saturated rings. The standard InChI is InChI=1S/C18H21N3O3S/c1-23-14-6-4-13(5-7-14)16-8-9-18(21-20-16)25-12-17(22)19-11-15-3-2-10-24-15/h4-9,15H,2-3,10-12H2,1H3,(H,19,22)/t15-/m0/s1. The van der Waals surface area contributed by atoms with Crippen LogP contribution < -0.4 is 10.1 Å². The third-order valence-corrected chi connectivity index (χ3v) is 4.85. The molecule has 25 heavy (non-hydrogen) atoms. The van der Waals surface area contributed by atoms with E-state index in [2.05, 4.69) is 15.5 Å². The summed E-state index contributed by atoms with van der Waals surface area (Å²) in [6, 6.07) is 11.4. The zero-order valence-corrected chi connectivity index (χ0v) is 14.9. The number of hydrogen-bond acceptors (Lipinski definition) is 6. The van der Waals surface area contributed by atoms with Crippen molar-refractivity contribution in [2.24, 2.45) is 0 Å². The van der Waals surface area contributed by atoms with Crippen molar-refractivity contribution in [1.29, 1.82) is 0 Å². The number of carbonyl (C=O) groups is 1. The number of methoxy groups -OCH3 is 1. The fourth-order valence-corrected chi connectivity index (χ4v) is 3.18. The number of amides is 1. The molecule has 1 aliphatic rings. The van der Waals surface area contributed by atoms with E-state index in [4.69, 9.17) is 9.47 Å². The van der Waals surface area contributed by atoms with Gasteiger partial charge in [-0.05, 0) is 49.2 Å². The van der Waals surface area contributed by atoms with Crippen LogP contribution in [0.2, 0.25) is 0 Å². The van der Waals surface area contributed by atoms with E-state index >= 15 is 0 Å². The molecule has 0 radical (unpaired) electrons. The van der Waals surface area contributed by atoms with Crippen molar-refractivity contribution >= 4 is 17.7 Å². The maximum Gasteiger partial charge on any atom is 0.230 e. The maximum atomic E-state index is 11.9. The van der Waals surface area contributed by atoms with E-state index in [1.54, 1.807) is 7.11 Å². The lowest BCUT2D eigenvalue weighted by atomic mass is 10.1. The lowest BCUT2D eigenvalue weighted by Crippen LogP contribution is -2.32. The van der Waals surface area contributed by atoms with E-state index in [0.717, 1.165) is 41.5 Å². The minimum atomic E-state index is -0.0125. The molecular formula is C18H21N3O3S. The van der Waals surface area contributed by atoms with Crippen molar-refractivity contribution in [3.05, 3.63) is 36.4 Å². The largest absolute Gasteiger partial charge is 0.497 e. The number of nitrogens with one attached hydrogen (secondary N) is 1. The van der Waals surface area contributed by atoms with Crippen molar-refractivity contribution in [2.75, 3.05) is 26.0 Å². The molecule has 2 heterocycles. The van der Waals surface area contributed by atoms with Gasteiger partial charge in [0.25, 0.3) is 0 Å². The molecule has 1 aromatic heterocycles. The number of benzene rings is 1. The van der Waals surface area contributed by atoms with Crippen LogP contribution in [0.5, 0.6) is 5.75 Å². The molecule has 0 aliphatic carbocycles. The van der Waals surface area contributed by atoms with Crippen molar-refractivity contribution in [3.63, 3.8) is 0 Å². The lowest BCUT2D eigenvalue weighted by molar-refractivity contribution is -0.119. The van der Waals surface area contributed by atoms with Gasteiger partial charge < -0.3 is 14.8 Å². The number of rotatable bonds is 7. The molecule has 0 spiro atoms. The number of nitrogens with zero attached hydrogens (tertiary/aromatic N) is 2. The van der Waals surface area contributed by atoms with Gasteiger partial charge in [-0.25, -0.2) is 0 Å². The maximum absolute atomic E-state index is 11.9. The summed E-state index contributed by atoms with van der Waals surface area (Å²) in [5.74, 6) is 1.11. The molecule has 1 saturated heterocycles. The summed E-state index contributed by atoms with van der Waals surface area (Å²) in [7, 11) is 1.64. The Kier molecular flexibility index (Phi) is 6.25. The second-order valence-electron chi connectivity index (χ2n) is 5.71. The quantitative estimate of drug-likeness (QED) is 0.766. The van der Waals surface area contributed by atoms with Crippen molar-refractivity contribution in [3.8, 4) is 17.0 Å². The van der Waals surface area contributed by atoms with Gasteiger partial charge in [0.15, 0.2) is 0 Å². The molecule has 0 unspecified atom stereocenters. The van der Waals surface area contributed by atoms with Gasteiger partial charge in [0, 0.05) is 18.7 Å². The molecule has 1 N–H and O–H groups in total. The van der Waals surface area contributed by atoms with Gasteiger partial charge in [-0.15, -0.1) is 10.2 Å². The van der Waals surface area contributed by atoms with Crippen LogP contribution in [0.3, 0.4) is 0 Å². The van der Waals surface area contributed by atoms with Crippen molar-refractivity contribution < 1.29 is 14.3 Å². The number of carbonyl (C=O) groups excluding carboxylic acids is 1. The Balaban J connectivity index is 1.47. The predicted molar refractivity (Wildman–Crippen MR) is 96.7 cm³/mol. The Morgan fingerprint density at radius 1 is 1.28 bits per heavy atom.